The van der Waals surface area contributed by atoms with E-state index in [0.29, 0.717) is 5.75 Å². The van der Waals surface area contributed by atoms with Gasteiger partial charge in [0.05, 0.1) is 12.5 Å². The van der Waals surface area contributed by atoms with Crippen LogP contribution < -0.4 is 10.1 Å². The molecule has 0 bridgehead atoms. The zero-order valence-electron chi connectivity index (χ0n) is 11.0. The summed E-state index contributed by atoms with van der Waals surface area (Å²) in [6.07, 6.45) is 0. The van der Waals surface area contributed by atoms with E-state index in [2.05, 4.69) is 5.32 Å². The molecule has 2 atom stereocenters. The predicted molar refractivity (Wildman–Crippen MR) is 80.3 cm³/mol. The number of rotatable bonds is 3. The minimum atomic E-state index is -0.794. The van der Waals surface area contributed by atoms with Gasteiger partial charge in [0.2, 0.25) is 0 Å². The normalized spacial score (nSPS) is 22.1. The molecule has 1 aliphatic rings. The van der Waals surface area contributed by atoms with E-state index in [1.807, 2.05) is 36.4 Å². The summed E-state index contributed by atoms with van der Waals surface area (Å²) < 4.78 is 5.38. The van der Waals surface area contributed by atoms with E-state index in [-0.39, 0.29) is 5.37 Å². The maximum Gasteiger partial charge on any atom is 0.321 e. The molecule has 5 heteroatoms. The van der Waals surface area contributed by atoms with Gasteiger partial charge in [0.25, 0.3) is 0 Å². The number of carbonyl (C=O) groups is 1. The van der Waals surface area contributed by atoms with Crippen LogP contribution in [-0.4, -0.2) is 30.0 Å². The lowest BCUT2D eigenvalue weighted by Gasteiger charge is -2.16. The number of carboxylic acids is 1. The van der Waals surface area contributed by atoms with Crippen LogP contribution in [0.25, 0.3) is 10.8 Å². The molecule has 104 valence electrons. The van der Waals surface area contributed by atoms with Crippen molar-refractivity contribution in [2.45, 2.75) is 11.4 Å². The molecule has 0 radical (unpaired) electrons. The van der Waals surface area contributed by atoms with Gasteiger partial charge in [0, 0.05) is 11.1 Å². The summed E-state index contributed by atoms with van der Waals surface area (Å²) in [7, 11) is 1.66. The molecule has 20 heavy (non-hydrogen) atoms. The summed E-state index contributed by atoms with van der Waals surface area (Å²) in [5.41, 5.74) is 1.11. The van der Waals surface area contributed by atoms with Crippen molar-refractivity contribution in [1.29, 1.82) is 0 Å². The van der Waals surface area contributed by atoms with E-state index in [0.717, 1.165) is 22.1 Å². The summed E-state index contributed by atoms with van der Waals surface area (Å²) in [6, 6.07) is 11.5. The van der Waals surface area contributed by atoms with Gasteiger partial charge in [-0.05, 0) is 17.0 Å². The molecule has 1 aliphatic heterocycles. The van der Waals surface area contributed by atoms with Gasteiger partial charge in [-0.15, -0.1) is 11.8 Å². The van der Waals surface area contributed by atoms with Crippen LogP contribution in [0.15, 0.2) is 36.4 Å². The molecule has 0 amide bonds. The van der Waals surface area contributed by atoms with Crippen LogP contribution in [0.2, 0.25) is 0 Å². The van der Waals surface area contributed by atoms with E-state index in [4.69, 9.17) is 9.84 Å². The summed E-state index contributed by atoms with van der Waals surface area (Å²) in [6.45, 7) is 0. The Kier molecular flexibility index (Phi) is 3.54. The highest BCUT2D eigenvalue weighted by atomic mass is 32.2. The van der Waals surface area contributed by atoms with Gasteiger partial charge in [0.1, 0.15) is 11.8 Å². The molecule has 1 fully saturated rings. The second-order valence-corrected chi connectivity index (χ2v) is 5.81. The van der Waals surface area contributed by atoms with Crippen molar-refractivity contribution in [2.75, 3.05) is 12.9 Å². The van der Waals surface area contributed by atoms with Crippen LogP contribution in [0.4, 0.5) is 0 Å². The molecule has 0 aromatic heterocycles. The largest absolute Gasteiger partial charge is 0.496 e. The van der Waals surface area contributed by atoms with E-state index >= 15 is 0 Å². The number of thioether (sulfide) groups is 1. The SMILES string of the molecule is COc1ccc(C2N[C@@H](C(=O)O)CS2)c2ccccc12. The minimum Gasteiger partial charge on any atom is -0.496 e. The molecule has 4 nitrogen and oxygen atoms in total. The van der Waals surface area contributed by atoms with Gasteiger partial charge in [0.15, 0.2) is 0 Å². The fourth-order valence-electron chi connectivity index (χ4n) is 2.49. The average molecular weight is 289 g/mol. The molecule has 0 saturated carbocycles. The molecule has 1 saturated heterocycles. The highest BCUT2D eigenvalue weighted by molar-refractivity contribution is 7.99. The van der Waals surface area contributed by atoms with E-state index in [1.165, 1.54) is 0 Å². The predicted octanol–water partition coefficient (Wildman–Crippen LogP) is 2.64. The zero-order chi connectivity index (χ0) is 14.1. The van der Waals surface area contributed by atoms with Gasteiger partial charge in [-0.1, -0.05) is 30.3 Å². The van der Waals surface area contributed by atoms with Crippen molar-refractivity contribution in [2.24, 2.45) is 0 Å². The number of aliphatic carboxylic acids is 1. The van der Waals surface area contributed by atoms with E-state index in [1.54, 1.807) is 18.9 Å². The first-order valence-electron chi connectivity index (χ1n) is 6.37. The Morgan fingerprint density at radius 3 is 2.70 bits per heavy atom. The number of methoxy groups -OCH3 is 1. The maximum atomic E-state index is 11.0. The number of ether oxygens (including phenoxy) is 1. The van der Waals surface area contributed by atoms with Crippen molar-refractivity contribution in [3.63, 3.8) is 0 Å². The molecule has 0 spiro atoms. The topological polar surface area (TPSA) is 58.6 Å². The summed E-state index contributed by atoms with van der Waals surface area (Å²) in [5, 5.41) is 14.4. The fourth-order valence-corrected chi connectivity index (χ4v) is 3.76. The molecule has 1 heterocycles. The summed E-state index contributed by atoms with van der Waals surface area (Å²) in [4.78, 5) is 11.0. The van der Waals surface area contributed by atoms with Gasteiger partial charge < -0.3 is 9.84 Å². The van der Waals surface area contributed by atoms with Gasteiger partial charge in [-0.2, -0.15) is 0 Å². The highest BCUT2D eigenvalue weighted by Crippen LogP contribution is 2.39. The van der Waals surface area contributed by atoms with Crippen molar-refractivity contribution in [1.82, 2.24) is 5.32 Å². The Hall–Kier alpha value is -1.72. The Balaban J connectivity index is 2.03. The first-order valence-corrected chi connectivity index (χ1v) is 7.41. The lowest BCUT2D eigenvalue weighted by Crippen LogP contribution is -2.33. The Bertz CT molecular complexity index is 659. The first kappa shape index (κ1) is 13.3. The Morgan fingerprint density at radius 1 is 1.30 bits per heavy atom. The lowest BCUT2D eigenvalue weighted by atomic mass is 10.0. The van der Waals surface area contributed by atoms with Crippen LogP contribution >= 0.6 is 11.8 Å². The third kappa shape index (κ3) is 2.23. The van der Waals surface area contributed by atoms with E-state index in [9.17, 15) is 4.79 Å². The third-order valence-corrected chi connectivity index (χ3v) is 4.75. The number of nitrogens with one attached hydrogen (secondary N) is 1. The third-order valence-electron chi connectivity index (χ3n) is 3.50. The first-order chi connectivity index (χ1) is 9.70. The second kappa shape index (κ2) is 5.34. The van der Waals surface area contributed by atoms with E-state index < -0.39 is 12.0 Å². The standard InChI is InChI=1S/C15H15NO3S/c1-19-13-7-6-11(9-4-2-3-5-10(9)13)14-16-12(8-20-14)15(17)18/h2-7,12,14,16H,8H2,1H3,(H,17,18)/t12-,14?/m1/s1. The van der Waals surface area contributed by atoms with Gasteiger partial charge >= 0.3 is 5.97 Å². The van der Waals surface area contributed by atoms with Gasteiger partial charge in [-0.25, -0.2) is 0 Å². The van der Waals surface area contributed by atoms with Crippen LogP contribution in [0.5, 0.6) is 5.75 Å². The lowest BCUT2D eigenvalue weighted by molar-refractivity contribution is -0.138. The molecule has 2 N–H and O–H groups in total. The minimum absolute atomic E-state index is 0.00639. The smallest absolute Gasteiger partial charge is 0.321 e. The molecule has 2 aromatic carbocycles. The molecule has 0 aliphatic carbocycles. The summed E-state index contributed by atoms with van der Waals surface area (Å²) >= 11 is 1.63. The average Bonchev–Trinajstić information content (AvgIpc) is 2.96. The molecule has 2 aromatic rings. The Labute approximate surface area is 121 Å². The molecule has 3 rings (SSSR count). The molecule has 1 unspecified atom stereocenters. The van der Waals surface area contributed by atoms with Crippen LogP contribution in [-0.2, 0) is 4.79 Å². The van der Waals surface area contributed by atoms with Gasteiger partial charge in [-0.3, -0.25) is 10.1 Å². The Morgan fingerprint density at radius 2 is 2.05 bits per heavy atom. The maximum absolute atomic E-state index is 11.0. The number of hydrogen-bond donors (Lipinski definition) is 2. The monoisotopic (exact) mass is 289 g/mol. The zero-order valence-corrected chi connectivity index (χ0v) is 11.8. The molecular weight excluding hydrogens is 274 g/mol. The van der Waals surface area contributed by atoms with Crippen molar-refractivity contribution in [3.05, 3.63) is 42.0 Å². The van der Waals surface area contributed by atoms with Crippen LogP contribution in [0.3, 0.4) is 0 Å². The van der Waals surface area contributed by atoms with Crippen LogP contribution in [0.1, 0.15) is 10.9 Å². The van der Waals surface area contributed by atoms with Crippen LogP contribution in [0, 0.1) is 0 Å². The number of hydrogen-bond acceptors (Lipinski definition) is 4. The molecular formula is C15H15NO3S. The number of benzene rings is 2. The number of carboxylic acid groups (broad SMARTS) is 1. The summed E-state index contributed by atoms with van der Waals surface area (Å²) in [5.74, 6) is 0.625. The highest BCUT2D eigenvalue weighted by Gasteiger charge is 2.31. The quantitative estimate of drug-likeness (QED) is 0.909. The second-order valence-electron chi connectivity index (χ2n) is 4.67. The van der Waals surface area contributed by atoms with Crippen molar-refractivity contribution >= 4 is 28.5 Å². The van der Waals surface area contributed by atoms with Crippen molar-refractivity contribution in [3.8, 4) is 5.75 Å². The van der Waals surface area contributed by atoms with Crippen molar-refractivity contribution < 1.29 is 14.6 Å². The fraction of sp³-hybridized carbons (Fsp3) is 0.267. The number of fused-ring (bicyclic) bond motifs is 1.